The van der Waals surface area contributed by atoms with Crippen LogP contribution in [-0.4, -0.2) is 11.0 Å². The van der Waals surface area contributed by atoms with Gasteiger partial charge in [-0.25, -0.2) is 9.78 Å². The number of aryl methyl sites for hydroxylation is 2. The summed E-state index contributed by atoms with van der Waals surface area (Å²) in [4.78, 5) is 16.5. The molecule has 0 saturated heterocycles. The van der Waals surface area contributed by atoms with Crippen molar-refractivity contribution in [3.8, 4) is 0 Å². The van der Waals surface area contributed by atoms with E-state index in [0.717, 1.165) is 27.0 Å². The largest absolute Gasteiger partial charge is 0.325 e. The fourth-order valence-corrected chi connectivity index (χ4v) is 3.21. The molecule has 6 heteroatoms. The molecule has 0 bridgehead atoms. The number of nitrogens with one attached hydrogen (secondary N) is 2. The molecule has 112 valence electrons. The molecule has 1 heterocycles. The molecule has 3 rings (SSSR count). The van der Waals surface area contributed by atoms with Gasteiger partial charge in [0.05, 0.1) is 10.2 Å². The maximum atomic E-state index is 12.0. The first-order valence-corrected chi connectivity index (χ1v) is 7.93. The summed E-state index contributed by atoms with van der Waals surface area (Å²) in [6.45, 7) is 3.89. The second-order valence-electron chi connectivity index (χ2n) is 4.99. The Balaban J connectivity index is 1.78. The van der Waals surface area contributed by atoms with Gasteiger partial charge in [-0.1, -0.05) is 35.1 Å². The van der Waals surface area contributed by atoms with Crippen molar-refractivity contribution >= 4 is 50.0 Å². The summed E-state index contributed by atoms with van der Waals surface area (Å²) in [7, 11) is 0. The summed E-state index contributed by atoms with van der Waals surface area (Å²) >= 11 is 7.51. The van der Waals surface area contributed by atoms with E-state index in [1.165, 1.54) is 11.3 Å². The first kappa shape index (κ1) is 14.8. The van der Waals surface area contributed by atoms with Gasteiger partial charge in [0.15, 0.2) is 5.13 Å². The predicted molar refractivity (Wildman–Crippen MR) is 93.2 cm³/mol. The molecule has 2 aromatic carbocycles. The number of hydrogen-bond acceptors (Lipinski definition) is 3. The van der Waals surface area contributed by atoms with Crippen LogP contribution in [0.3, 0.4) is 0 Å². The smallest absolute Gasteiger partial charge is 0.308 e. The standard InChI is InChI=1S/C16H14ClN3OS/c1-9-4-3-5-11(8-9)18-15(21)20-16-19-14-10(2)12(17)6-7-13(14)22-16/h3-8H,1-2H3,(H2,18,19,20,21). The fourth-order valence-electron chi connectivity index (χ4n) is 2.14. The number of halogens is 1. The predicted octanol–water partition coefficient (Wildman–Crippen LogP) is 5.21. The number of carbonyl (C=O) groups excluding carboxylic acids is 1. The van der Waals surface area contributed by atoms with Crippen LogP contribution in [0.5, 0.6) is 0 Å². The minimum atomic E-state index is -0.312. The number of aromatic nitrogens is 1. The maximum absolute atomic E-state index is 12.0. The van der Waals surface area contributed by atoms with Gasteiger partial charge in [0, 0.05) is 10.7 Å². The second-order valence-corrected chi connectivity index (χ2v) is 6.42. The molecule has 0 unspecified atom stereocenters. The average molecular weight is 332 g/mol. The number of anilines is 2. The van der Waals surface area contributed by atoms with E-state index in [9.17, 15) is 4.79 Å². The van der Waals surface area contributed by atoms with Gasteiger partial charge in [-0.2, -0.15) is 0 Å². The highest BCUT2D eigenvalue weighted by Gasteiger charge is 2.11. The summed E-state index contributed by atoms with van der Waals surface area (Å²) < 4.78 is 0.993. The summed E-state index contributed by atoms with van der Waals surface area (Å²) in [5.41, 5.74) is 3.58. The summed E-state index contributed by atoms with van der Waals surface area (Å²) in [5.74, 6) is 0. The lowest BCUT2D eigenvalue weighted by Gasteiger charge is -2.05. The van der Waals surface area contributed by atoms with Crippen molar-refractivity contribution in [2.24, 2.45) is 0 Å². The molecule has 0 saturated carbocycles. The summed E-state index contributed by atoms with van der Waals surface area (Å²) in [5, 5.41) is 6.77. The number of urea groups is 1. The number of thiazole rings is 1. The lowest BCUT2D eigenvalue weighted by atomic mass is 10.2. The third kappa shape index (κ3) is 3.05. The number of fused-ring (bicyclic) bond motifs is 1. The maximum Gasteiger partial charge on any atom is 0.325 e. The van der Waals surface area contributed by atoms with Crippen LogP contribution >= 0.6 is 22.9 Å². The van der Waals surface area contributed by atoms with Crippen LogP contribution < -0.4 is 10.6 Å². The van der Waals surface area contributed by atoms with Gasteiger partial charge in [0.1, 0.15) is 0 Å². The van der Waals surface area contributed by atoms with E-state index in [4.69, 9.17) is 11.6 Å². The van der Waals surface area contributed by atoms with Gasteiger partial charge in [-0.3, -0.25) is 5.32 Å². The topological polar surface area (TPSA) is 54.0 Å². The van der Waals surface area contributed by atoms with Gasteiger partial charge in [0.2, 0.25) is 0 Å². The molecule has 0 aliphatic heterocycles. The molecule has 0 aliphatic carbocycles. The Morgan fingerprint density at radius 1 is 1.18 bits per heavy atom. The number of nitrogens with zero attached hydrogens (tertiary/aromatic N) is 1. The zero-order chi connectivity index (χ0) is 15.7. The van der Waals surface area contributed by atoms with Crippen molar-refractivity contribution in [2.75, 3.05) is 10.6 Å². The van der Waals surface area contributed by atoms with Crippen LogP contribution in [0, 0.1) is 13.8 Å². The molecule has 2 N–H and O–H groups in total. The monoisotopic (exact) mass is 331 g/mol. The SMILES string of the molecule is Cc1cccc(NC(=O)Nc2nc3c(C)c(Cl)ccc3s2)c1. The molecule has 0 radical (unpaired) electrons. The Morgan fingerprint density at radius 2 is 2.00 bits per heavy atom. The number of hydrogen-bond donors (Lipinski definition) is 2. The third-order valence-electron chi connectivity index (χ3n) is 3.24. The van der Waals surface area contributed by atoms with Crippen molar-refractivity contribution in [3.05, 3.63) is 52.5 Å². The number of carbonyl (C=O) groups is 1. The van der Waals surface area contributed by atoms with Crippen molar-refractivity contribution in [1.29, 1.82) is 0 Å². The van der Waals surface area contributed by atoms with Crippen molar-refractivity contribution < 1.29 is 4.79 Å². The van der Waals surface area contributed by atoms with Gasteiger partial charge in [0.25, 0.3) is 0 Å². The Kier molecular flexibility index (Phi) is 4.00. The molecule has 0 aliphatic rings. The van der Waals surface area contributed by atoms with Gasteiger partial charge in [-0.15, -0.1) is 0 Å². The zero-order valence-corrected chi connectivity index (χ0v) is 13.7. The van der Waals surface area contributed by atoms with Crippen molar-refractivity contribution in [1.82, 2.24) is 4.98 Å². The van der Waals surface area contributed by atoms with Crippen molar-refractivity contribution in [3.63, 3.8) is 0 Å². The van der Waals surface area contributed by atoms with Gasteiger partial charge >= 0.3 is 6.03 Å². The van der Waals surface area contributed by atoms with Crippen molar-refractivity contribution in [2.45, 2.75) is 13.8 Å². The van der Waals surface area contributed by atoms with E-state index in [1.807, 2.05) is 50.2 Å². The normalized spacial score (nSPS) is 10.7. The van der Waals surface area contributed by atoms with Crippen LogP contribution in [-0.2, 0) is 0 Å². The van der Waals surface area contributed by atoms with E-state index in [1.54, 1.807) is 0 Å². The minimum absolute atomic E-state index is 0.312. The first-order valence-electron chi connectivity index (χ1n) is 6.73. The molecule has 4 nitrogen and oxygen atoms in total. The van der Waals surface area contributed by atoms with E-state index in [0.29, 0.717) is 10.2 Å². The van der Waals surface area contributed by atoms with Crippen LogP contribution in [0.1, 0.15) is 11.1 Å². The molecule has 2 amide bonds. The lowest BCUT2D eigenvalue weighted by Crippen LogP contribution is -2.19. The third-order valence-corrected chi connectivity index (χ3v) is 4.59. The minimum Gasteiger partial charge on any atom is -0.308 e. The Labute approximate surface area is 137 Å². The highest BCUT2D eigenvalue weighted by atomic mass is 35.5. The first-order chi connectivity index (χ1) is 10.5. The van der Waals surface area contributed by atoms with E-state index in [-0.39, 0.29) is 6.03 Å². The molecular formula is C16H14ClN3OS. The summed E-state index contributed by atoms with van der Waals surface area (Å²) in [6.07, 6.45) is 0. The van der Waals surface area contributed by atoms with Gasteiger partial charge < -0.3 is 5.32 Å². The van der Waals surface area contributed by atoms with Crippen LogP contribution in [0.25, 0.3) is 10.2 Å². The highest BCUT2D eigenvalue weighted by Crippen LogP contribution is 2.31. The summed E-state index contributed by atoms with van der Waals surface area (Å²) in [6, 6.07) is 11.1. The number of amides is 2. The van der Waals surface area contributed by atoms with E-state index < -0.39 is 0 Å². The van der Waals surface area contributed by atoms with E-state index in [2.05, 4.69) is 15.6 Å². The molecular weight excluding hydrogens is 318 g/mol. The molecule has 0 spiro atoms. The average Bonchev–Trinajstić information content (AvgIpc) is 2.86. The quantitative estimate of drug-likeness (QED) is 0.677. The van der Waals surface area contributed by atoms with E-state index >= 15 is 0 Å². The zero-order valence-electron chi connectivity index (χ0n) is 12.1. The molecule has 3 aromatic rings. The Bertz CT molecular complexity index is 860. The molecule has 1 aromatic heterocycles. The van der Waals surface area contributed by atoms with Crippen LogP contribution in [0.4, 0.5) is 15.6 Å². The van der Waals surface area contributed by atoms with Gasteiger partial charge in [-0.05, 0) is 49.2 Å². The molecule has 22 heavy (non-hydrogen) atoms. The molecule has 0 fully saturated rings. The van der Waals surface area contributed by atoms with Crippen LogP contribution in [0.2, 0.25) is 5.02 Å². The lowest BCUT2D eigenvalue weighted by molar-refractivity contribution is 0.262. The Hall–Kier alpha value is -2.11. The number of benzene rings is 2. The second kappa shape index (κ2) is 5.94. The molecule has 0 atom stereocenters. The number of rotatable bonds is 2. The highest BCUT2D eigenvalue weighted by molar-refractivity contribution is 7.22. The Morgan fingerprint density at radius 3 is 2.77 bits per heavy atom. The fraction of sp³-hybridized carbons (Fsp3) is 0.125. The van der Waals surface area contributed by atoms with Crippen LogP contribution in [0.15, 0.2) is 36.4 Å².